The number of thiophene rings is 1. The number of halogens is 1. The van der Waals surface area contributed by atoms with Gasteiger partial charge in [-0.3, -0.25) is 14.9 Å². The second-order valence-corrected chi connectivity index (χ2v) is 8.89. The minimum absolute atomic E-state index is 0.0373. The van der Waals surface area contributed by atoms with E-state index in [9.17, 15) is 19.7 Å². The molecule has 3 aromatic rings. The zero-order chi connectivity index (χ0) is 24.7. The van der Waals surface area contributed by atoms with Gasteiger partial charge in [-0.15, -0.1) is 11.3 Å². The quantitative estimate of drug-likeness (QED) is 0.120. The van der Waals surface area contributed by atoms with E-state index < -0.39 is 16.8 Å². The van der Waals surface area contributed by atoms with Crippen molar-refractivity contribution in [3.8, 4) is 11.5 Å². The van der Waals surface area contributed by atoms with Gasteiger partial charge in [-0.05, 0) is 66.3 Å². The van der Waals surface area contributed by atoms with Crippen molar-refractivity contribution in [2.75, 3.05) is 19.8 Å². The molecule has 1 aromatic heterocycles. The maximum Gasteiger partial charge on any atom is 0.344 e. The molecule has 0 atom stereocenters. The lowest BCUT2D eigenvalue weighted by atomic mass is 10.2. The van der Waals surface area contributed by atoms with Gasteiger partial charge in [-0.2, -0.15) is 5.10 Å². The second-order valence-electron chi connectivity index (χ2n) is 6.65. The number of esters is 1. The molecule has 0 radical (unpaired) electrons. The highest BCUT2D eigenvalue weighted by atomic mass is 127. The number of non-ortho nitro benzene ring substituents is 1. The molecule has 0 aliphatic carbocycles. The molecule has 0 aliphatic rings. The highest BCUT2D eigenvalue weighted by molar-refractivity contribution is 14.1. The lowest BCUT2D eigenvalue weighted by Crippen LogP contribution is -2.16. The Kier molecular flexibility index (Phi) is 8.76. The Bertz CT molecular complexity index is 1260. The van der Waals surface area contributed by atoms with Crippen LogP contribution in [-0.2, 0) is 9.53 Å². The minimum atomic E-state index is -0.482. The predicted molar refractivity (Wildman–Crippen MR) is 136 cm³/mol. The molecule has 0 aliphatic heterocycles. The summed E-state index contributed by atoms with van der Waals surface area (Å²) in [6, 6.07) is 9.47. The van der Waals surface area contributed by atoms with E-state index in [1.165, 1.54) is 29.7 Å². The van der Waals surface area contributed by atoms with Crippen LogP contribution in [0.25, 0.3) is 10.1 Å². The molecular formula is C22H20IN3O7S. The number of benzene rings is 2. The smallest absolute Gasteiger partial charge is 0.344 e. The normalized spacial score (nSPS) is 10.9. The van der Waals surface area contributed by atoms with E-state index in [1.807, 2.05) is 6.92 Å². The number of carbonyl (C=O) groups excluding carboxylic acids is 2. The summed E-state index contributed by atoms with van der Waals surface area (Å²) in [6.45, 7) is 3.94. The number of nitrogens with one attached hydrogen (secondary N) is 1. The van der Waals surface area contributed by atoms with E-state index in [-0.39, 0.29) is 18.9 Å². The summed E-state index contributed by atoms with van der Waals surface area (Å²) < 4.78 is 17.5. The summed E-state index contributed by atoms with van der Waals surface area (Å²) in [6.07, 6.45) is 1.45. The van der Waals surface area contributed by atoms with Crippen LogP contribution < -0.4 is 14.9 Å². The zero-order valence-corrected chi connectivity index (χ0v) is 21.2. The van der Waals surface area contributed by atoms with Crippen molar-refractivity contribution in [2.24, 2.45) is 5.10 Å². The van der Waals surface area contributed by atoms with Gasteiger partial charge in [0, 0.05) is 22.2 Å². The topological polar surface area (TPSA) is 129 Å². The number of nitro groups is 1. The number of hydrogen-bond acceptors (Lipinski definition) is 9. The van der Waals surface area contributed by atoms with E-state index >= 15 is 0 Å². The molecule has 0 bridgehead atoms. The molecule has 0 saturated heterocycles. The van der Waals surface area contributed by atoms with Gasteiger partial charge in [0.1, 0.15) is 0 Å². The van der Waals surface area contributed by atoms with Crippen LogP contribution in [0.1, 0.15) is 29.1 Å². The van der Waals surface area contributed by atoms with Crippen LogP contribution in [0.2, 0.25) is 0 Å². The van der Waals surface area contributed by atoms with Crippen LogP contribution in [0.4, 0.5) is 5.69 Å². The molecule has 0 spiro atoms. The molecule has 1 heterocycles. The number of rotatable bonds is 10. The van der Waals surface area contributed by atoms with Crippen molar-refractivity contribution in [1.29, 1.82) is 0 Å². The van der Waals surface area contributed by atoms with Crippen molar-refractivity contribution in [3.05, 3.63) is 60.5 Å². The van der Waals surface area contributed by atoms with Crippen LogP contribution in [0.3, 0.4) is 0 Å². The lowest BCUT2D eigenvalue weighted by molar-refractivity contribution is -0.384. The molecule has 0 unspecified atom stereocenters. The van der Waals surface area contributed by atoms with Crippen LogP contribution in [0, 0.1) is 13.7 Å². The number of nitro benzene ring substituents is 1. The van der Waals surface area contributed by atoms with Gasteiger partial charge in [-0.1, -0.05) is 0 Å². The van der Waals surface area contributed by atoms with Gasteiger partial charge in [0.05, 0.1) is 32.8 Å². The first-order chi connectivity index (χ1) is 16.3. The number of nitrogens with zero attached hydrogens (tertiary/aromatic N) is 2. The molecule has 2 aromatic carbocycles. The van der Waals surface area contributed by atoms with E-state index in [0.29, 0.717) is 37.5 Å². The van der Waals surface area contributed by atoms with E-state index in [0.717, 1.165) is 4.70 Å². The first-order valence-electron chi connectivity index (χ1n) is 10.1. The summed E-state index contributed by atoms with van der Waals surface area (Å²) >= 11 is 3.27. The van der Waals surface area contributed by atoms with Crippen LogP contribution in [-0.4, -0.2) is 42.8 Å². The van der Waals surface area contributed by atoms with Gasteiger partial charge in [-0.25, -0.2) is 10.2 Å². The van der Waals surface area contributed by atoms with Crippen LogP contribution >= 0.6 is 33.9 Å². The zero-order valence-electron chi connectivity index (χ0n) is 18.2. The Hall–Kier alpha value is -3.26. The summed E-state index contributed by atoms with van der Waals surface area (Å²) in [4.78, 5) is 34.9. The van der Waals surface area contributed by atoms with Gasteiger partial charge >= 0.3 is 5.97 Å². The van der Waals surface area contributed by atoms with Gasteiger partial charge in [0.15, 0.2) is 18.1 Å². The summed E-state index contributed by atoms with van der Waals surface area (Å²) in [5.41, 5.74) is 3.06. The fraction of sp³-hybridized carbons (Fsp3) is 0.227. The molecule has 1 amide bonds. The molecule has 12 heteroatoms. The summed E-state index contributed by atoms with van der Waals surface area (Å²) in [5.74, 6) is -0.0761. The number of hydrazone groups is 1. The second kappa shape index (κ2) is 11.7. The number of fused-ring (bicyclic) bond motifs is 1. The van der Waals surface area contributed by atoms with Crippen molar-refractivity contribution < 1.29 is 28.7 Å². The third kappa shape index (κ3) is 6.41. The van der Waals surface area contributed by atoms with Crippen molar-refractivity contribution in [2.45, 2.75) is 13.8 Å². The average Bonchev–Trinajstić information content (AvgIpc) is 3.22. The fourth-order valence-electron chi connectivity index (χ4n) is 2.88. The maximum absolute atomic E-state index is 12.5. The van der Waals surface area contributed by atoms with E-state index in [1.54, 1.807) is 31.2 Å². The molecule has 0 saturated carbocycles. The number of ether oxygens (including phenoxy) is 3. The van der Waals surface area contributed by atoms with E-state index in [4.69, 9.17) is 14.2 Å². The first kappa shape index (κ1) is 25.4. The molecule has 3 rings (SSSR count). The number of hydrogen-bond donors (Lipinski definition) is 1. The highest BCUT2D eigenvalue weighted by Gasteiger charge is 2.15. The lowest BCUT2D eigenvalue weighted by Gasteiger charge is -2.14. The Morgan fingerprint density at radius 1 is 1.18 bits per heavy atom. The SMILES string of the molecule is CCOC(=O)COc1c(I)cc(/C=N\NC(=O)c2cc3cc([N+](=O)[O-])ccc3s2)cc1OCC. The molecule has 178 valence electrons. The molecule has 1 N–H and O–H groups in total. The molecule has 10 nitrogen and oxygen atoms in total. The largest absolute Gasteiger partial charge is 0.490 e. The minimum Gasteiger partial charge on any atom is -0.490 e. The predicted octanol–water partition coefficient (Wildman–Crippen LogP) is 4.52. The summed E-state index contributed by atoms with van der Waals surface area (Å²) in [7, 11) is 0. The molecule has 34 heavy (non-hydrogen) atoms. The van der Waals surface area contributed by atoms with Crippen molar-refractivity contribution in [3.63, 3.8) is 0 Å². The van der Waals surface area contributed by atoms with Crippen LogP contribution in [0.5, 0.6) is 11.5 Å². The van der Waals surface area contributed by atoms with E-state index in [2.05, 4.69) is 33.1 Å². The van der Waals surface area contributed by atoms with Crippen molar-refractivity contribution >= 4 is 67.8 Å². The third-order valence-electron chi connectivity index (χ3n) is 4.29. The molecular weight excluding hydrogens is 577 g/mol. The number of carbonyl (C=O) groups is 2. The monoisotopic (exact) mass is 597 g/mol. The standard InChI is InChI=1S/C22H20IN3O7S/c1-3-31-17-8-13(7-16(23)21(17)33-12-20(27)32-4-2)11-24-25-22(28)19-10-14-9-15(26(29)30)5-6-18(14)34-19/h5-11H,3-4,12H2,1-2H3,(H,25,28)/b24-11-. The average molecular weight is 597 g/mol. The van der Waals surface area contributed by atoms with Crippen molar-refractivity contribution in [1.82, 2.24) is 5.43 Å². The molecule has 0 fully saturated rings. The number of amides is 1. The van der Waals surface area contributed by atoms with Crippen LogP contribution in [0.15, 0.2) is 41.5 Å². The maximum atomic E-state index is 12.5. The summed E-state index contributed by atoms with van der Waals surface area (Å²) in [5, 5.41) is 15.6. The Morgan fingerprint density at radius 2 is 1.97 bits per heavy atom. The Labute approximate surface area is 212 Å². The van der Waals surface area contributed by atoms with Gasteiger partial charge < -0.3 is 14.2 Å². The third-order valence-corrected chi connectivity index (χ3v) is 6.20. The fourth-order valence-corrected chi connectivity index (χ4v) is 4.59. The first-order valence-corrected chi connectivity index (χ1v) is 12.0. The van der Waals surface area contributed by atoms with Gasteiger partial charge in [0.25, 0.3) is 11.6 Å². The Morgan fingerprint density at radius 3 is 2.68 bits per heavy atom. The highest BCUT2D eigenvalue weighted by Crippen LogP contribution is 2.34. The van der Waals surface area contributed by atoms with Gasteiger partial charge in [0.2, 0.25) is 0 Å². The Balaban J connectivity index is 1.72.